The number of rotatable bonds is 2. The van der Waals surface area contributed by atoms with E-state index in [0.717, 1.165) is 23.9 Å². The summed E-state index contributed by atoms with van der Waals surface area (Å²) in [6.45, 7) is 4.57. The zero-order chi connectivity index (χ0) is 13.3. The SMILES string of the molecule is CC1CCN(C2CCC3(CCCC3)CC2)C(CN)C1. The summed E-state index contributed by atoms with van der Waals surface area (Å²) < 4.78 is 0. The zero-order valence-corrected chi connectivity index (χ0v) is 12.7. The number of piperidine rings is 1. The molecule has 3 fully saturated rings. The molecule has 2 nitrogen and oxygen atoms in total. The molecule has 2 atom stereocenters. The maximum Gasteiger partial charge on any atom is 0.0223 e. The summed E-state index contributed by atoms with van der Waals surface area (Å²) in [4.78, 5) is 2.79. The van der Waals surface area contributed by atoms with Gasteiger partial charge in [-0.2, -0.15) is 0 Å². The fourth-order valence-electron chi connectivity index (χ4n) is 5.15. The van der Waals surface area contributed by atoms with Gasteiger partial charge in [0.15, 0.2) is 0 Å². The van der Waals surface area contributed by atoms with Crippen LogP contribution >= 0.6 is 0 Å². The van der Waals surface area contributed by atoms with Crippen molar-refractivity contribution in [2.45, 2.75) is 83.2 Å². The minimum absolute atomic E-state index is 0.673. The second-order valence-electron chi connectivity index (χ2n) is 7.70. The Kier molecular flexibility index (Phi) is 4.19. The minimum atomic E-state index is 0.673. The van der Waals surface area contributed by atoms with E-state index in [4.69, 9.17) is 5.73 Å². The van der Waals surface area contributed by atoms with Crippen molar-refractivity contribution in [3.05, 3.63) is 0 Å². The van der Waals surface area contributed by atoms with Crippen LogP contribution in [0.3, 0.4) is 0 Å². The normalized spacial score (nSPS) is 36.9. The molecule has 0 amide bonds. The monoisotopic (exact) mass is 264 g/mol. The van der Waals surface area contributed by atoms with E-state index in [1.165, 1.54) is 70.8 Å². The predicted octanol–water partition coefficient (Wildman–Crippen LogP) is 3.55. The Labute approximate surface area is 119 Å². The van der Waals surface area contributed by atoms with Crippen LogP contribution in [-0.4, -0.2) is 30.1 Å². The fourth-order valence-corrected chi connectivity index (χ4v) is 5.15. The van der Waals surface area contributed by atoms with E-state index in [9.17, 15) is 0 Å². The van der Waals surface area contributed by atoms with Crippen LogP contribution < -0.4 is 5.73 Å². The summed E-state index contributed by atoms with van der Waals surface area (Å²) >= 11 is 0. The predicted molar refractivity (Wildman–Crippen MR) is 81.1 cm³/mol. The van der Waals surface area contributed by atoms with Gasteiger partial charge < -0.3 is 5.73 Å². The number of hydrogen-bond acceptors (Lipinski definition) is 2. The smallest absolute Gasteiger partial charge is 0.0223 e. The van der Waals surface area contributed by atoms with Crippen LogP contribution in [-0.2, 0) is 0 Å². The maximum absolute atomic E-state index is 6.04. The van der Waals surface area contributed by atoms with Crippen molar-refractivity contribution in [2.75, 3.05) is 13.1 Å². The van der Waals surface area contributed by atoms with Gasteiger partial charge in [0, 0.05) is 18.6 Å². The van der Waals surface area contributed by atoms with Crippen molar-refractivity contribution in [1.82, 2.24) is 4.90 Å². The lowest BCUT2D eigenvalue weighted by molar-refractivity contribution is 0.0303. The molecule has 0 bridgehead atoms. The Morgan fingerprint density at radius 1 is 1.05 bits per heavy atom. The molecule has 1 aliphatic heterocycles. The first-order valence-corrected chi connectivity index (χ1v) is 8.68. The summed E-state index contributed by atoms with van der Waals surface area (Å²) in [6.07, 6.45) is 14.7. The summed E-state index contributed by atoms with van der Waals surface area (Å²) in [5.41, 5.74) is 6.81. The van der Waals surface area contributed by atoms with E-state index < -0.39 is 0 Å². The average molecular weight is 264 g/mol. The van der Waals surface area contributed by atoms with Crippen LogP contribution in [0.4, 0.5) is 0 Å². The first-order valence-electron chi connectivity index (χ1n) is 8.68. The van der Waals surface area contributed by atoms with Crippen LogP contribution in [0.1, 0.15) is 71.1 Å². The molecule has 19 heavy (non-hydrogen) atoms. The number of nitrogens with zero attached hydrogens (tertiary/aromatic N) is 1. The second kappa shape index (κ2) is 5.73. The molecule has 1 saturated heterocycles. The molecule has 110 valence electrons. The van der Waals surface area contributed by atoms with Crippen molar-refractivity contribution in [1.29, 1.82) is 0 Å². The van der Waals surface area contributed by atoms with E-state index in [0.29, 0.717) is 6.04 Å². The van der Waals surface area contributed by atoms with Gasteiger partial charge in [0.25, 0.3) is 0 Å². The highest BCUT2D eigenvalue weighted by molar-refractivity contribution is 4.94. The van der Waals surface area contributed by atoms with Crippen LogP contribution in [0.2, 0.25) is 0 Å². The van der Waals surface area contributed by atoms with E-state index in [1.54, 1.807) is 0 Å². The average Bonchev–Trinajstić information content (AvgIpc) is 2.88. The van der Waals surface area contributed by atoms with Gasteiger partial charge in [-0.3, -0.25) is 4.90 Å². The topological polar surface area (TPSA) is 29.3 Å². The number of hydrogen-bond donors (Lipinski definition) is 1. The molecule has 3 aliphatic rings. The number of likely N-dealkylation sites (tertiary alicyclic amines) is 1. The summed E-state index contributed by atoms with van der Waals surface area (Å²) in [6, 6.07) is 1.53. The summed E-state index contributed by atoms with van der Waals surface area (Å²) in [5.74, 6) is 0.884. The third-order valence-electron chi connectivity index (χ3n) is 6.44. The van der Waals surface area contributed by atoms with Crippen molar-refractivity contribution in [3.63, 3.8) is 0 Å². The first-order chi connectivity index (χ1) is 9.22. The van der Waals surface area contributed by atoms with Crippen molar-refractivity contribution in [2.24, 2.45) is 17.1 Å². The second-order valence-corrected chi connectivity index (χ2v) is 7.70. The van der Waals surface area contributed by atoms with Crippen molar-refractivity contribution < 1.29 is 0 Å². The van der Waals surface area contributed by atoms with Gasteiger partial charge in [-0.1, -0.05) is 19.8 Å². The van der Waals surface area contributed by atoms with E-state index in [2.05, 4.69) is 11.8 Å². The lowest BCUT2D eigenvalue weighted by Gasteiger charge is -2.47. The van der Waals surface area contributed by atoms with Gasteiger partial charge in [0.1, 0.15) is 0 Å². The van der Waals surface area contributed by atoms with Crippen LogP contribution in [0.15, 0.2) is 0 Å². The minimum Gasteiger partial charge on any atom is -0.329 e. The fraction of sp³-hybridized carbons (Fsp3) is 1.00. The molecule has 2 saturated carbocycles. The van der Waals surface area contributed by atoms with Gasteiger partial charge in [0.2, 0.25) is 0 Å². The molecular formula is C17H32N2. The van der Waals surface area contributed by atoms with E-state index in [1.807, 2.05) is 0 Å². The van der Waals surface area contributed by atoms with Gasteiger partial charge in [-0.15, -0.1) is 0 Å². The first kappa shape index (κ1) is 13.9. The Morgan fingerprint density at radius 3 is 2.37 bits per heavy atom. The molecule has 1 spiro atoms. The third-order valence-corrected chi connectivity index (χ3v) is 6.44. The lowest BCUT2D eigenvalue weighted by Crippen LogP contribution is -2.52. The summed E-state index contributed by atoms with van der Waals surface area (Å²) in [7, 11) is 0. The Bertz CT molecular complexity index is 286. The standard InChI is InChI=1S/C17H32N2/c1-14-6-11-19(16(12-14)13-18)15-4-9-17(10-5-15)7-2-3-8-17/h14-16H,2-13,18H2,1H3. The Balaban J connectivity index is 1.58. The molecule has 0 aromatic rings. The van der Waals surface area contributed by atoms with Gasteiger partial charge in [-0.25, -0.2) is 0 Å². The molecule has 1 heterocycles. The highest BCUT2D eigenvalue weighted by Crippen LogP contribution is 2.50. The van der Waals surface area contributed by atoms with Crippen LogP contribution in [0.5, 0.6) is 0 Å². The highest BCUT2D eigenvalue weighted by atomic mass is 15.2. The van der Waals surface area contributed by atoms with Gasteiger partial charge in [0.05, 0.1) is 0 Å². The van der Waals surface area contributed by atoms with Crippen molar-refractivity contribution >= 4 is 0 Å². The van der Waals surface area contributed by atoms with E-state index in [-0.39, 0.29) is 0 Å². The molecule has 3 rings (SSSR count). The molecule has 0 aromatic carbocycles. The molecule has 2 unspecified atom stereocenters. The Morgan fingerprint density at radius 2 is 1.74 bits per heavy atom. The third kappa shape index (κ3) is 2.85. The van der Waals surface area contributed by atoms with Crippen molar-refractivity contribution in [3.8, 4) is 0 Å². The largest absolute Gasteiger partial charge is 0.329 e. The zero-order valence-electron chi connectivity index (χ0n) is 12.7. The maximum atomic E-state index is 6.04. The number of nitrogens with two attached hydrogens (primary N) is 1. The molecule has 0 radical (unpaired) electrons. The molecule has 0 aromatic heterocycles. The lowest BCUT2D eigenvalue weighted by atomic mass is 9.70. The quantitative estimate of drug-likeness (QED) is 0.826. The van der Waals surface area contributed by atoms with Crippen LogP contribution in [0.25, 0.3) is 0 Å². The Hall–Kier alpha value is -0.0800. The van der Waals surface area contributed by atoms with Gasteiger partial charge >= 0.3 is 0 Å². The molecule has 2 N–H and O–H groups in total. The molecule has 2 heteroatoms. The summed E-state index contributed by atoms with van der Waals surface area (Å²) in [5, 5.41) is 0. The van der Waals surface area contributed by atoms with Crippen LogP contribution in [0, 0.1) is 11.3 Å². The van der Waals surface area contributed by atoms with E-state index >= 15 is 0 Å². The van der Waals surface area contributed by atoms with Gasteiger partial charge in [-0.05, 0) is 69.2 Å². The molecule has 2 aliphatic carbocycles. The molecular weight excluding hydrogens is 232 g/mol. The highest BCUT2D eigenvalue weighted by Gasteiger charge is 2.40.